The molecule has 1 aliphatic rings. The molecule has 38 heavy (non-hydrogen) atoms. The number of halogens is 1. The third kappa shape index (κ3) is 4.83. The monoisotopic (exact) mass is 580 g/mol. The van der Waals surface area contributed by atoms with Gasteiger partial charge in [0.15, 0.2) is 5.11 Å². The van der Waals surface area contributed by atoms with Crippen LogP contribution < -0.4 is 15.0 Å². The Morgan fingerprint density at radius 1 is 0.816 bits per heavy atom. The number of nitrogens with zero attached hydrogens (tertiary/aromatic N) is 3. The summed E-state index contributed by atoms with van der Waals surface area (Å²) in [6.07, 6.45) is 3.91. The number of pyridine rings is 1. The Labute approximate surface area is 235 Å². The van der Waals surface area contributed by atoms with E-state index in [9.17, 15) is 0 Å². The highest BCUT2D eigenvalue weighted by Crippen LogP contribution is 2.42. The van der Waals surface area contributed by atoms with Crippen molar-refractivity contribution < 1.29 is 4.74 Å². The van der Waals surface area contributed by atoms with Crippen LogP contribution in [0.25, 0.3) is 5.69 Å². The summed E-state index contributed by atoms with van der Waals surface area (Å²) < 4.78 is 9.32. The first kappa shape index (κ1) is 24.4. The molecule has 5 aromatic rings. The largest absolute Gasteiger partial charge is 0.457 e. The highest BCUT2D eigenvalue weighted by Gasteiger charge is 2.42. The summed E-state index contributed by atoms with van der Waals surface area (Å²) in [5.41, 5.74) is 5.29. The molecule has 1 aliphatic heterocycles. The third-order valence-electron chi connectivity index (χ3n) is 6.66. The van der Waals surface area contributed by atoms with Gasteiger partial charge in [-0.3, -0.25) is 4.98 Å². The predicted molar refractivity (Wildman–Crippen MR) is 159 cm³/mol. The molecule has 0 amide bonds. The molecule has 3 heterocycles. The lowest BCUT2D eigenvalue weighted by Crippen LogP contribution is -2.30. The summed E-state index contributed by atoms with van der Waals surface area (Å²) in [5, 5.41) is 4.20. The Morgan fingerprint density at radius 3 is 2.18 bits per heavy atom. The molecular weight excluding hydrogens is 556 g/mol. The van der Waals surface area contributed by atoms with Crippen molar-refractivity contribution in [2.75, 3.05) is 4.90 Å². The molecule has 1 N–H and O–H groups in total. The smallest absolute Gasteiger partial charge is 0.174 e. The van der Waals surface area contributed by atoms with Crippen LogP contribution in [0.4, 0.5) is 5.69 Å². The minimum atomic E-state index is -0.128. The van der Waals surface area contributed by atoms with Gasteiger partial charge >= 0.3 is 0 Å². The zero-order valence-electron chi connectivity index (χ0n) is 20.7. The number of benzene rings is 3. The minimum Gasteiger partial charge on any atom is -0.457 e. The van der Waals surface area contributed by atoms with Crippen molar-refractivity contribution in [2.24, 2.45) is 0 Å². The summed E-state index contributed by atoms with van der Waals surface area (Å²) in [6.45, 7) is 2.06. The number of aromatic nitrogens is 2. The fourth-order valence-corrected chi connectivity index (χ4v) is 5.43. The summed E-state index contributed by atoms with van der Waals surface area (Å²) in [7, 11) is 0. The summed E-state index contributed by atoms with van der Waals surface area (Å²) >= 11 is 9.47. The van der Waals surface area contributed by atoms with Gasteiger partial charge in [-0.2, -0.15) is 0 Å². The standard InChI is InChI=1S/C31H25BrN4OS/c1-21-7-15-25(16-8-21)37-26-17-13-24(14-18-26)36-30(29(34-31(36)38)27-5-2-3-19-33-27)28-6-4-20-35(28)23-11-9-22(32)10-12-23/h2-20,29-30H,1H3,(H,34,38). The van der Waals surface area contributed by atoms with Gasteiger partial charge in [-0.1, -0.05) is 39.7 Å². The molecular formula is C31H25BrN4OS. The van der Waals surface area contributed by atoms with E-state index in [1.165, 1.54) is 5.56 Å². The van der Waals surface area contributed by atoms with Gasteiger partial charge in [0.2, 0.25) is 0 Å². The van der Waals surface area contributed by atoms with E-state index < -0.39 is 0 Å². The summed E-state index contributed by atoms with van der Waals surface area (Å²) in [5.74, 6) is 1.58. The highest BCUT2D eigenvalue weighted by molar-refractivity contribution is 9.10. The quantitative estimate of drug-likeness (QED) is 0.207. The van der Waals surface area contributed by atoms with Crippen LogP contribution >= 0.6 is 28.1 Å². The lowest BCUT2D eigenvalue weighted by Gasteiger charge is -2.29. The van der Waals surface area contributed by atoms with Gasteiger partial charge in [0, 0.05) is 33.9 Å². The van der Waals surface area contributed by atoms with Crippen LogP contribution in [0.1, 0.15) is 29.0 Å². The molecule has 6 rings (SSSR count). The van der Waals surface area contributed by atoms with Crippen molar-refractivity contribution in [1.29, 1.82) is 0 Å². The van der Waals surface area contributed by atoms with E-state index in [0.29, 0.717) is 5.11 Å². The van der Waals surface area contributed by atoms with E-state index >= 15 is 0 Å². The predicted octanol–water partition coefficient (Wildman–Crippen LogP) is 7.91. The zero-order valence-corrected chi connectivity index (χ0v) is 23.1. The Morgan fingerprint density at radius 2 is 1.50 bits per heavy atom. The molecule has 2 aromatic heterocycles. The van der Waals surface area contributed by atoms with E-state index in [1.807, 2.05) is 60.8 Å². The first-order valence-corrected chi connectivity index (χ1v) is 13.6. The number of thiocarbonyl (C=S) groups is 1. The maximum absolute atomic E-state index is 6.07. The first-order valence-electron chi connectivity index (χ1n) is 12.4. The molecule has 188 valence electrons. The Kier molecular flexibility index (Phi) is 6.70. The number of hydrogen-bond acceptors (Lipinski definition) is 3. The first-order chi connectivity index (χ1) is 18.6. The SMILES string of the molecule is Cc1ccc(Oc2ccc(N3C(=S)NC(c4ccccn4)C3c3cccn3-c3ccc(Br)cc3)cc2)cc1. The van der Waals surface area contributed by atoms with Crippen LogP contribution in [0, 0.1) is 6.92 Å². The molecule has 1 fully saturated rings. The number of ether oxygens (including phenoxy) is 1. The average Bonchev–Trinajstić information content (AvgIpc) is 3.56. The minimum absolute atomic E-state index is 0.125. The van der Waals surface area contributed by atoms with Gasteiger partial charge in [0.25, 0.3) is 0 Å². The second-order valence-electron chi connectivity index (χ2n) is 9.19. The number of anilines is 1. The van der Waals surface area contributed by atoms with Gasteiger partial charge in [-0.25, -0.2) is 0 Å². The fourth-order valence-electron chi connectivity index (χ4n) is 4.82. The van der Waals surface area contributed by atoms with Gasteiger partial charge in [-0.15, -0.1) is 0 Å². The van der Waals surface area contributed by atoms with Crippen molar-refractivity contribution in [3.8, 4) is 17.2 Å². The summed E-state index contributed by atoms with van der Waals surface area (Å²) in [4.78, 5) is 6.86. The Hall–Kier alpha value is -3.94. The molecule has 7 heteroatoms. The summed E-state index contributed by atoms with van der Waals surface area (Å²) in [6, 6.07) is 34.4. The van der Waals surface area contributed by atoms with Crippen LogP contribution in [-0.4, -0.2) is 14.7 Å². The number of rotatable bonds is 6. The molecule has 0 radical (unpaired) electrons. The third-order valence-corrected chi connectivity index (χ3v) is 7.50. The topological polar surface area (TPSA) is 42.3 Å². The van der Waals surface area contributed by atoms with Crippen LogP contribution in [0.15, 0.2) is 120 Å². The van der Waals surface area contributed by atoms with Gasteiger partial charge in [-0.05, 0) is 104 Å². The van der Waals surface area contributed by atoms with Gasteiger partial charge in [0.1, 0.15) is 17.5 Å². The molecule has 0 bridgehead atoms. The van der Waals surface area contributed by atoms with Crippen LogP contribution in [-0.2, 0) is 0 Å². The van der Waals surface area contributed by atoms with Crippen molar-refractivity contribution in [3.63, 3.8) is 0 Å². The fraction of sp³-hybridized carbons (Fsp3) is 0.0968. The number of aryl methyl sites for hydroxylation is 1. The van der Waals surface area contributed by atoms with E-state index in [2.05, 4.69) is 97.3 Å². The molecule has 1 saturated heterocycles. The molecule has 0 saturated carbocycles. The number of nitrogens with one attached hydrogen (secondary N) is 1. The molecule has 2 unspecified atom stereocenters. The van der Waals surface area contributed by atoms with Gasteiger partial charge in [0.05, 0.1) is 11.7 Å². The lowest BCUT2D eigenvalue weighted by molar-refractivity contribution is 0.482. The van der Waals surface area contributed by atoms with Crippen LogP contribution in [0.2, 0.25) is 0 Å². The van der Waals surface area contributed by atoms with Crippen LogP contribution in [0.3, 0.4) is 0 Å². The van der Waals surface area contributed by atoms with E-state index in [4.69, 9.17) is 17.0 Å². The van der Waals surface area contributed by atoms with E-state index in [0.717, 1.165) is 38.7 Å². The van der Waals surface area contributed by atoms with Crippen molar-refractivity contribution in [1.82, 2.24) is 14.9 Å². The van der Waals surface area contributed by atoms with Crippen LogP contribution in [0.5, 0.6) is 11.5 Å². The van der Waals surface area contributed by atoms with Crippen molar-refractivity contribution in [3.05, 3.63) is 137 Å². The van der Waals surface area contributed by atoms with Crippen molar-refractivity contribution in [2.45, 2.75) is 19.0 Å². The Balaban J connectivity index is 1.38. The molecule has 0 aliphatic carbocycles. The normalized spacial score (nSPS) is 16.9. The molecule has 5 nitrogen and oxygen atoms in total. The van der Waals surface area contributed by atoms with Gasteiger partial charge < -0.3 is 19.5 Å². The molecule has 2 atom stereocenters. The maximum Gasteiger partial charge on any atom is 0.174 e. The zero-order chi connectivity index (χ0) is 26.1. The van der Waals surface area contributed by atoms with Crippen molar-refractivity contribution >= 4 is 38.9 Å². The number of hydrogen-bond donors (Lipinski definition) is 1. The highest BCUT2D eigenvalue weighted by atomic mass is 79.9. The second-order valence-corrected chi connectivity index (χ2v) is 10.5. The van der Waals surface area contributed by atoms with E-state index in [1.54, 1.807) is 0 Å². The second kappa shape index (κ2) is 10.4. The van der Waals surface area contributed by atoms with E-state index in [-0.39, 0.29) is 12.1 Å². The maximum atomic E-state index is 6.07. The molecule has 3 aromatic carbocycles. The molecule has 0 spiro atoms. The Bertz CT molecular complexity index is 1550. The average molecular weight is 582 g/mol. The lowest BCUT2D eigenvalue weighted by atomic mass is 10.0.